The van der Waals surface area contributed by atoms with Gasteiger partial charge in [-0.2, -0.15) is 0 Å². The molecule has 7 heteroatoms. The van der Waals surface area contributed by atoms with Crippen LogP contribution in [0.3, 0.4) is 0 Å². The number of nitrogens with one attached hydrogen (secondary N) is 1. The van der Waals surface area contributed by atoms with Crippen molar-refractivity contribution in [2.75, 3.05) is 19.3 Å². The smallest absolute Gasteiger partial charge is 0.208 e. The highest BCUT2D eigenvalue weighted by molar-refractivity contribution is 7.88. The monoisotopic (exact) mass is 340 g/mol. The van der Waals surface area contributed by atoms with Crippen molar-refractivity contribution in [2.24, 2.45) is 13.0 Å². The maximum atomic E-state index is 11.5. The molecule has 1 atom stereocenters. The van der Waals surface area contributed by atoms with E-state index in [1.165, 1.54) is 44.1 Å². The Kier molecular flexibility index (Phi) is 5.08. The number of rotatable bonds is 5. The van der Waals surface area contributed by atoms with Crippen molar-refractivity contribution >= 4 is 10.0 Å². The highest BCUT2D eigenvalue weighted by Gasteiger charge is 2.31. The van der Waals surface area contributed by atoms with E-state index in [-0.39, 0.29) is 6.04 Å². The predicted molar refractivity (Wildman–Crippen MR) is 90.5 cm³/mol. The van der Waals surface area contributed by atoms with Gasteiger partial charge < -0.3 is 4.57 Å². The lowest BCUT2D eigenvalue weighted by molar-refractivity contribution is 0.127. The Labute approximate surface area is 139 Å². The van der Waals surface area contributed by atoms with Crippen molar-refractivity contribution in [1.82, 2.24) is 19.2 Å². The average molecular weight is 340 g/mol. The fourth-order valence-corrected chi connectivity index (χ4v) is 4.43. The lowest BCUT2D eigenvalue weighted by Crippen LogP contribution is -2.49. The maximum absolute atomic E-state index is 11.5. The van der Waals surface area contributed by atoms with Crippen LogP contribution in [-0.4, -0.2) is 48.3 Å². The molecule has 0 saturated heterocycles. The van der Waals surface area contributed by atoms with Crippen molar-refractivity contribution in [2.45, 2.75) is 51.1 Å². The van der Waals surface area contributed by atoms with Gasteiger partial charge in [0.25, 0.3) is 0 Å². The third-order valence-electron chi connectivity index (χ3n) is 5.24. The molecule has 130 valence electrons. The second-order valence-electron chi connectivity index (χ2n) is 7.16. The standard InChI is InChI=1S/C16H28N4O2S/c1-19-12-17-15-11-20(10-13-6-4-3-5-7-13)14(8-16(15)19)9-18-23(2,21)22/h12-14,18H,3-11H2,1-2H3/t14-/m0/s1. The van der Waals surface area contributed by atoms with Gasteiger partial charge in [0, 0.05) is 44.8 Å². The second kappa shape index (κ2) is 6.91. The van der Waals surface area contributed by atoms with Crippen molar-refractivity contribution in [1.29, 1.82) is 0 Å². The number of aromatic nitrogens is 2. The van der Waals surface area contributed by atoms with Crippen LogP contribution in [0.15, 0.2) is 6.33 Å². The van der Waals surface area contributed by atoms with Crippen LogP contribution in [0.1, 0.15) is 43.5 Å². The van der Waals surface area contributed by atoms with E-state index in [0.29, 0.717) is 6.54 Å². The summed E-state index contributed by atoms with van der Waals surface area (Å²) in [6.07, 6.45) is 10.6. The number of fused-ring (bicyclic) bond motifs is 1. The molecular weight excluding hydrogens is 312 g/mol. The van der Waals surface area contributed by atoms with Crippen LogP contribution in [0.4, 0.5) is 0 Å². The van der Waals surface area contributed by atoms with Gasteiger partial charge in [0.05, 0.1) is 18.3 Å². The number of sulfonamides is 1. The van der Waals surface area contributed by atoms with Gasteiger partial charge in [-0.1, -0.05) is 19.3 Å². The SMILES string of the molecule is Cn1cnc2c1C[C@@H](CNS(C)(=O)=O)N(CC1CCCCC1)C2. The van der Waals surface area contributed by atoms with E-state index < -0.39 is 10.0 Å². The molecule has 0 radical (unpaired) electrons. The van der Waals surface area contributed by atoms with E-state index in [0.717, 1.165) is 31.1 Å². The van der Waals surface area contributed by atoms with Crippen LogP contribution >= 0.6 is 0 Å². The van der Waals surface area contributed by atoms with Gasteiger partial charge >= 0.3 is 0 Å². The van der Waals surface area contributed by atoms with Crippen LogP contribution in [0.5, 0.6) is 0 Å². The zero-order valence-corrected chi connectivity index (χ0v) is 15.0. The summed E-state index contributed by atoms with van der Waals surface area (Å²) < 4.78 is 27.7. The molecule has 3 rings (SSSR count). The van der Waals surface area contributed by atoms with Crippen molar-refractivity contribution in [3.05, 3.63) is 17.7 Å². The Morgan fingerprint density at radius 1 is 1.30 bits per heavy atom. The molecule has 0 amide bonds. The van der Waals surface area contributed by atoms with Crippen LogP contribution in [0.25, 0.3) is 0 Å². The summed E-state index contributed by atoms with van der Waals surface area (Å²) in [6, 6.07) is 0.217. The molecule has 2 aliphatic rings. The van der Waals surface area contributed by atoms with E-state index >= 15 is 0 Å². The molecule has 1 saturated carbocycles. The number of hydrogen-bond acceptors (Lipinski definition) is 4. The summed E-state index contributed by atoms with van der Waals surface area (Å²) >= 11 is 0. The molecule has 6 nitrogen and oxygen atoms in total. The minimum absolute atomic E-state index is 0.217. The number of imidazole rings is 1. The molecule has 1 aromatic rings. The van der Waals surface area contributed by atoms with Crippen LogP contribution in [-0.2, 0) is 30.0 Å². The molecule has 1 N–H and O–H groups in total. The molecule has 23 heavy (non-hydrogen) atoms. The van der Waals surface area contributed by atoms with Gasteiger partial charge in [0.15, 0.2) is 0 Å². The number of nitrogens with zero attached hydrogens (tertiary/aromatic N) is 3. The van der Waals surface area contributed by atoms with Gasteiger partial charge in [-0.25, -0.2) is 18.1 Å². The topological polar surface area (TPSA) is 67.2 Å². The Morgan fingerprint density at radius 3 is 2.74 bits per heavy atom. The van der Waals surface area contributed by atoms with Crippen LogP contribution < -0.4 is 4.72 Å². The minimum Gasteiger partial charge on any atom is -0.337 e. The molecule has 2 heterocycles. The second-order valence-corrected chi connectivity index (χ2v) is 8.99. The first-order valence-electron chi connectivity index (χ1n) is 8.60. The van der Waals surface area contributed by atoms with E-state index in [2.05, 4.69) is 19.2 Å². The lowest BCUT2D eigenvalue weighted by Gasteiger charge is -2.38. The first kappa shape index (κ1) is 16.9. The molecule has 0 bridgehead atoms. The highest BCUT2D eigenvalue weighted by atomic mass is 32.2. The molecule has 1 aliphatic heterocycles. The van der Waals surface area contributed by atoms with Crippen LogP contribution in [0, 0.1) is 5.92 Å². The quantitative estimate of drug-likeness (QED) is 0.877. The summed E-state index contributed by atoms with van der Waals surface area (Å²) in [5, 5.41) is 0. The normalized spacial score (nSPS) is 23.8. The van der Waals surface area contributed by atoms with Gasteiger partial charge in [-0.3, -0.25) is 4.90 Å². The fraction of sp³-hybridized carbons (Fsp3) is 0.812. The summed E-state index contributed by atoms with van der Waals surface area (Å²) in [5.41, 5.74) is 2.39. The van der Waals surface area contributed by atoms with Gasteiger partial charge in [0.2, 0.25) is 10.0 Å². The van der Waals surface area contributed by atoms with E-state index in [4.69, 9.17) is 0 Å². The van der Waals surface area contributed by atoms with Gasteiger partial charge in [-0.15, -0.1) is 0 Å². The Balaban J connectivity index is 1.72. The molecule has 0 aromatic carbocycles. The highest BCUT2D eigenvalue weighted by Crippen LogP contribution is 2.28. The third-order valence-corrected chi connectivity index (χ3v) is 5.93. The summed E-state index contributed by atoms with van der Waals surface area (Å²) in [6.45, 7) is 2.38. The van der Waals surface area contributed by atoms with E-state index in [9.17, 15) is 8.42 Å². The average Bonchev–Trinajstić information content (AvgIpc) is 2.86. The zero-order chi connectivity index (χ0) is 16.4. The Morgan fingerprint density at radius 2 is 2.04 bits per heavy atom. The molecule has 0 spiro atoms. The van der Waals surface area contributed by atoms with Crippen molar-refractivity contribution in [3.8, 4) is 0 Å². The summed E-state index contributed by atoms with van der Waals surface area (Å²) in [7, 11) is -1.14. The maximum Gasteiger partial charge on any atom is 0.208 e. The Hall–Kier alpha value is -0.920. The fourth-order valence-electron chi connectivity index (χ4n) is 3.94. The molecule has 1 fully saturated rings. The number of aryl methyl sites for hydroxylation is 1. The number of hydrogen-bond donors (Lipinski definition) is 1. The molecule has 1 aliphatic carbocycles. The third kappa shape index (κ3) is 4.33. The lowest BCUT2D eigenvalue weighted by atomic mass is 9.88. The summed E-state index contributed by atoms with van der Waals surface area (Å²) in [4.78, 5) is 6.97. The molecular formula is C16H28N4O2S. The predicted octanol–water partition coefficient (Wildman–Crippen LogP) is 1.28. The summed E-state index contributed by atoms with van der Waals surface area (Å²) in [5.74, 6) is 0.745. The van der Waals surface area contributed by atoms with Crippen LogP contribution in [0.2, 0.25) is 0 Å². The first-order valence-corrected chi connectivity index (χ1v) is 10.5. The molecule has 1 aromatic heterocycles. The van der Waals surface area contributed by atoms with Crippen molar-refractivity contribution in [3.63, 3.8) is 0 Å². The minimum atomic E-state index is -3.15. The first-order chi connectivity index (χ1) is 10.9. The largest absolute Gasteiger partial charge is 0.337 e. The molecule has 0 unspecified atom stereocenters. The van der Waals surface area contributed by atoms with E-state index in [1.54, 1.807) is 0 Å². The van der Waals surface area contributed by atoms with Crippen molar-refractivity contribution < 1.29 is 8.42 Å². The zero-order valence-electron chi connectivity index (χ0n) is 14.2. The van der Waals surface area contributed by atoms with Gasteiger partial charge in [-0.05, 0) is 18.8 Å². The van der Waals surface area contributed by atoms with E-state index in [1.807, 2.05) is 13.4 Å². The van der Waals surface area contributed by atoms with Gasteiger partial charge in [0.1, 0.15) is 0 Å². The Bertz CT molecular complexity index is 635.